The van der Waals surface area contributed by atoms with Gasteiger partial charge in [-0.15, -0.1) is 0 Å². The number of rotatable bonds is 8. The van der Waals surface area contributed by atoms with Crippen molar-refractivity contribution in [2.45, 2.75) is 53.5 Å². The first-order valence-corrected chi connectivity index (χ1v) is 17.3. The summed E-state index contributed by atoms with van der Waals surface area (Å²) in [6.45, 7) is 10.8. The Hall–Kier alpha value is -4.86. The van der Waals surface area contributed by atoms with E-state index >= 15 is 0 Å². The van der Waals surface area contributed by atoms with Crippen LogP contribution < -0.4 is 9.64 Å². The van der Waals surface area contributed by atoms with Crippen molar-refractivity contribution in [3.63, 3.8) is 0 Å². The van der Waals surface area contributed by atoms with Gasteiger partial charge >= 0.3 is 5.97 Å². The maximum Gasteiger partial charge on any atom is 0.337 e. The average molecular weight is 711 g/mol. The van der Waals surface area contributed by atoms with Gasteiger partial charge in [-0.25, -0.2) is 4.79 Å². The third-order valence-corrected chi connectivity index (χ3v) is 10.7. The van der Waals surface area contributed by atoms with Crippen LogP contribution in [0.5, 0.6) is 5.75 Å². The quantitative estimate of drug-likeness (QED) is 0.158. The monoisotopic (exact) mass is 709 g/mol. The largest absolute Gasteiger partial charge is 0.494 e. The number of nitrogens with zero attached hydrogens (tertiary/aromatic N) is 5. The fourth-order valence-corrected chi connectivity index (χ4v) is 7.80. The third kappa shape index (κ3) is 5.49. The van der Waals surface area contributed by atoms with Crippen LogP contribution in [-0.2, 0) is 13.5 Å². The number of hydrogen-bond donors (Lipinski definition) is 1. The number of carbonyl (C=O) groups excluding carboxylic acids is 1. The van der Waals surface area contributed by atoms with E-state index in [2.05, 4.69) is 21.6 Å². The van der Waals surface area contributed by atoms with Crippen molar-refractivity contribution in [3.05, 3.63) is 104 Å². The highest BCUT2D eigenvalue weighted by atomic mass is 35.5. The molecule has 1 amide bonds. The number of halogens is 2. The average Bonchev–Trinajstić information content (AvgIpc) is 3.55. The number of anilines is 1. The van der Waals surface area contributed by atoms with Crippen molar-refractivity contribution in [2.75, 3.05) is 18.1 Å². The Bertz CT molecular complexity index is 2350. The van der Waals surface area contributed by atoms with Crippen LogP contribution in [-0.4, -0.2) is 49.5 Å². The molecule has 0 saturated heterocycles. The van der Waals surface area contributed by atoms with Crippen LogP contribution in [0.3, 0.4) is 0 Å². The Morgan fingerprint density at radius 1 is 1.04 bits per heavy atom. The third-order valence-electron chi connectivity index (χ3n) is 9.80. The number of hydrogen-bond acceptors (Lipinski definition) is 5. The number of fused-ring (bicyclic) bond motifs is 4. The van der Waals surface area contributed by atoms with Crippen LogP contribution in [0.25, 0.3) is 32.9 Å². The van der Waals surface area contributed by atoms with Crippen molar-refractivity contribution < 1.29 is 19.4 Å². The van der Waals surface area contributed by atoms with Crippen LogP contribution in [0, 0.1) is 27.7 Å². The molecule has 0 radical (unpaired) electrons. The molecule has 1 N–H and O–H groups in total. The summed E-state index contributed by atoms with van der Waals surface area (Å²) >= 11 is 13.4. The van der Waals surface area contributed by atoms with Gasteiger partial charge in [0.15, 0.2) is 0 Å². The molecule has 50 heavy (non-hydrogen) atoms. The summed E-state index contributed by atoms with van der Waals surface area (Å²) in [4.78, 5) is 33.2. The maximum atomic E-state index is 14.9. The predicted molar refractivity (Wildman–Crippen MR) is 198 cm³/mol. The Kier molecular flexibility index (Phi) is 8.60. The summed E-state index contributed by atoms with van der Waals surface area (Å²) in [5.41, 5.74) is 8.80. The smallest absolute Gasteiger partial charge is 0.337 e. The zero-order valence-corrected chi connectivity index (χ0v) is 30.3. The van der Waals surface area contributed by atoms with E-state index in [-0.39, 0.29) is 17.5 Å². The standard InChI is InChI=1S/C39H37Cl2N5O4/c1-20-15-27(16-21(2)34(20)41)50-14-8-10-28-29-11-12-31(40)33(32-23(4)43-44(6)24(32)5)36(29)46-22(3)19-45(38(47)37(28)46)26-17-25-9-7-13-42-35(25)30(18-26)39(48)49/h7,9,11-13,15-18,22H,8,10,14,19H2,1-6H3,(H,48,49). The van der Waals surface area contributed by atoms with E-state index in [0.717, 1.165) is 60.9 Å². The highest BCUT2D eigenvalue weighted by molar-refractivity contribution is 6.35. The van der Waals surface area contributed by atoms with Gasteiger partial charge in [-0.3, -0.25) is 14.5 Å². The summed E-state index contributed by atoms with van der Waals surface area (Å²) in [6, 6.07) is 14.6. The zero-order chi connectivity index (χ0) is 35.6. The van der Waals surface area contributed by atoms with E-state index in [1.165, 1.54) is 0 Å². The van der Waals surface area contributed by atoms with Crippen LogP contribution in [0.15, 0.2) is 54.7 Å². The number of benzene rings is 3. The first-order valence-electron chi connectivity index (χ1n) is 16.6. The van der Waals surface area contributed by atoms with E-state index in [4.69, 9.17) is 27.9 Å². The summed E-state index contributed by atoms with van der Waals surface area (Å²) in [7, 11) is 1.91. The van der Waals surface area contributed by atoms with E-state index in [1.54, 1.807) is 23.2 Å². The molecule has 0 spiro atoms. The number of carboxylic acid groups (broad SMARTS) is 1. The van der Waals surface area contributed by atoms with Gasteiger partial charge in [0.1, 0.15) is 11.4 Å². The first-order chi connectivity index (χ1) is 23.9. The number of ether oxygens (including phenoxy) is 1. The van der Waals surface area contributed by atoms with Gasteiger partial charge in [0.2, 0.25) is 0 Å². The van der Waals surface area contributed by atoms with Crippen LogP contribution >= 0.6 is 23.2 Å². The normalized spacial score (nSPS) is 14.5. The molecular formula is C39H37Cl2N5O4. The van der Waals surface area contributed by atoms with Gasteiger partial charge in [0.05, 0.1) is 33.9 Å². The highest BCUT2D eigenvalue weighted by Gasteiger charge is 2.37. The van der Waals surface area contributed by atoms with E-state index < -0.39 is 5.97 Å². The Balaban J connectivity index is 1.37. The van der Waals surface area contributed by atoms with Crippen molar-refractivity contribution in [3.8, 4) is 16.9 Å². The van der Waals surface area contributed by atoms with Crippen LogP contribution in [0.2, 0.25) is 10.0 Å². The molecule has 1 unspecified atom stereocenters. The molecule has 1 aliphatic rings. The zero-order valence-electron chi connectivity index (χ0n) is 28.8. The molecule has 1 atom stereocenters. The van der Waals surface area contributed by atoms with Gasteiger partial charge in [-0.05, 0) is 101 Å². The summed E-state index contributed by atoms with van der Waals surface area (Å²) in [5, 5.41) is 17.7. The summed E-state index contributed by atoms with van der Waals surface area (Å²) in [6.07, 6.45) is 2.77. The number of carbonyl (C=O) groups is 2. The number of aromatic carboxylic acids is 1. The first kappa shape index (κ1) is 33.6. The van der Waals surface area contributed by atoms with Crippen molar-refractivity contribution >= 4 is 62.6 Å². The van der Waals surface area contributed by atoms with E-state index in [0.29, 0.717) is 53.3 Å². The minimum absolute atomic E-state index is 0.0475. The van der Waals surface area contributed by atoms with Gasteiger partial charge in [0.25, 0.3) is 5.91 Å². The molecule has 1 aliphatic heterocycles. The second-order valence-corrected chi connectivity index (χ2v) is 13.9. The Morgan fingerprint density at radius 2 is 1.78 bits per heavy atom. The molecule has 9 nitrogen and oxygen atoms in total. The lowest BCUT2D eigenvalue weighted by Crippen LogP contribution is -2.42. The number of aromatic nitrogens is 4. The fraction of sp³-hybridized carbons (Fsp3) is 0.282. The summed E-state index contributed by atoms with van der Waals surface area (Å²) in [5.74, 6) is -0.559. The molecule has 256 valence electrons. The topological polar surface area (TPSA) is 102 Å². The molecular weight excluding hydrogens is 673 g/mol. The van der Waals surface area contributed by atoms with Crippen LogP contribution in [0.1, 0.15) is 68.3 Å². The van der Waals surface area contributed by atoms with Crippen molar-refractivity contribution in [1.29, 1.82) is 0 Å². The second kappa shape index (κ2) is 12.8. The Labute approximate surface area is 300 Å². The minimum atomic E-state index is -1.10. The number of carboxylic acids is 1. The van der Waals surface area contributed by atoms with Gasteiger partial charge in [-0.2, -0.15) is 5.10 Å². The minimum Gasteiger partial charge on any atom is -0.494 e. The molecule has 0 fully saturated rings. The lowest BCUT2D eigenvalue weighted by Gasteiger charge is -2.34. The molecule has 3 aromatic carbocycles. The number of pyridine rings is 1. The molecule has 0 bridgehead atoms. The second-order valence-electron chi connectivity index (χ2n) is 13.1. The molecule has 6 aromatic rings. The lowest BCUT2D eigenvalue weighted by molar-refractivity contribution is 0.0698. The number of aryl methyl sites for hydroxylation is 5. The summed E-state index contributed by atoms with van der Waals surface area (Å²) < 4.78 is 10.2. The maximum absolute atomic E-state index is 14.9. The highest BCUT2D eigenvalue weighted by Crippen LogP contribution is 2.45. The van der Waals surface area contributed by atoms with Crippen molar-refractivity contribution in [2.24, 2.45) is 7.05 Å². The molecule has 4 heterocycles. The van der Waals surface area contributed by atoms with E-state index in [1.807, 2.05) is 75.8 Å². The molecule has 0 aliphatic carbocycles. The van der Waals surface area contributed by atoms with Gasteiger partial charge < -0.3 is 19.3 Å². The SMILES string of the molecule is Cc1cc(OCCCc2c3n(c4c(-c5c(C)nn(C)c5C)c(Cl)ccc24)C(C)CN(c2cc(C(=O)O)c4ncccc4c2)C3=O)cc(C)c1Cl. The van der Waals surface area contributed by atoms with Gasteiger partial charge in [-0.1, -0.05) is 35.3 Å². The Morgan fingerprint density at radius 3 is 2.46 bits per heavy atom. The molecule has 7 rings (SSSR count). The number of amides is 1. The fourth-order valence-electron chi connectivity index (χ4n) is 7.45. The predicted octanol–water partition coefficient (Wildman–Crippen LogP) is 9.06. The van der Waals surface area contributed by atoms with Gasteiger partial charge in [0, 0.05) is 64.1 Å². The molecule has 11 heteroatoms. The molecule has 0 saturated carbocycles. The van der Waals surface area contributed by atoms with Crippen LogP contribution in [0.4, 0.5) is 5.69 Å². The molecule has 3 aromatic heterocycles. The lowest BCUT2D eigenvalue weighted by atomic mass is 9.98. The van der Waals surface area contributed by atoms with Crippen molar-refractivity contribution in [1.82, 2.24) is 19.3 Å². The van der Waals surface area contributed by atoms with E-state index in [9.17, 15) is 14.7 Å².